The Morgan fingerprint density at radius 2 is 2.32 bits per heavy atom. The Balaban J connectivity index is 2.02. The van der Waals surface area contributed by atoms with Crippen LogP contribution in [0, 0.1) is 0 Å². The number of pyridine rings is 1. The first kappa shape index (κ1) is 15.2. The predicted octanol–water partition coefficient (Wildman–Crippen LogP) is 2.39. The van der Waals surface area contributed by atoms with Gasteiger partial charge in [-0.1, -0.05) is 6.92 Å². The molecule has 0 aliphatic carbocycles. The van der Waals surface area contributed by atoms with Gasteiger partial charge in [0.25, 0.3) is 5.91 Å². The van der Waals surface area contributed by atoms with Crippen molar-refractivity contribution in [1.82, 2.24) is 15.2 Å². The van der Waals surface area contributed by atoms with Crippen LogP contribution in [0.5, 0.6) is 0 Å². The van der Waals surface area contributed by atoms with Crippen molar-refractivity contribution in [1.29, 1.82) is 0 Å². The molecule has 1 amide bonds. The van der Waals surface area contributed by atoms with Gasteiger partial charge in [0.05, 0.1) is 5.69 Å². The number of likely N-dealkylation sites (N-methyl/N-ethyl adjacent to an activating group) is 1. The zero-order chi connectivity index (χ0) is 15.9. The van der Waals surface area contributed by atoms with Crippen LogP contribution in [0.15, 0.2) is 6.07 Å². The summed E-state index contributed by atoms with van der Waals surface area (Å²) in [5, 5.41) is 3.81. The van der Waals surface area contributed by atoms with Crippen LogP contribution in [0.3, 0.4) is 0 Å². The zero-order valence-electron chi connectivity index (χ0n) is 13.3. The van der Waals surface area contributed by atoms with Gasteiger partial charge < -0.3 is 11.1 Å². The van der Waals surface area contributed by atoms with E-state index < -0.39 is 0 Å². The van der Waals surface area contributed by atoms with Crippen LogP contribution in [-0.4, -0.2) is 34.9 Å². The number of hydrogen-bond donors (Lipinski definition) is 2. The number of rotatable bonds is 3. The number of thiophene rings is 1. The molecule has 0 aromatic carbocycles. The van der Waals surface area contributed by atoms with Crippen LogP contribution in [0.25, 0.3) is 10.2 Å². The van der Waals surface area contributed by atoms with Gasteiger partial charge in [0.2, 0.25) is 0 Å². The second kappa shape index (κ2) is 5.85. The van der Waals surface area contributed by atoms with E-state index in [1.165, 1.54) is 16.9 Å². The second-order valence-corrected chi connectivity index (χ2v) is 7.04. The molecule has 1 aliphatic heterocycles. The number of nitrogens with zero attached hydrogens (tertiary/aromatic N) is 2. The molecule has 2 aromatic rings. The fourth-order valence-corrected chi connectivity index (χ4v) is 3.82. The molecule has 1 aliphatic rings. The Bertz CT molecular complexity index is 722. The minimum atomic E-state index is -0.108. The summed E-state index contributed by atoms with van der Waals surface area (Å²) in [4.78, 5) is 20.8. The first-order chi connectivity index (χ1) is 10.5. The molecule has 0 spiro atoms. The summed E-state index contributed by atoms with van der Waals surface area (Å²) in [7, 11) is 0. The minimum absolute atomic E-state index is 0.0939. The Hall–Kier alpha value is -1.66. The van der Waals surface area contributed by atoms with E-state index in [1.54, 1.807) is 0 Å². The standard InChI is InChI=1S/C16H22N4OS/c1-4-20-6-5-12-10(8-20)7-11-13(17)14(22-16(11)19-12)15(21)18-9(2)3/h7,9H,4-6,8,17H2,1-3H3,(H,18,21). The highest BCUT2D eigenvalue weighted by Crippen LogP contribution is 2.35. The molecule has 0 radical (unpaired) electrons. The number of anilines is 1. The number of carbonyl (C=O) groups is 1. The van der Waals surface area contributed by atoms with Crippen LogP contribution in [0.4, 0.5) is 5.69 Å². The molecule has 0 fully saturated rings. The van der Waals surface area contributed by atoms with Crippen molar-refractivity contribution >= 4 is 33.1 Å². The molecule has 0 bridgehead atoms. The minimum Gasteiger partial charge on any atom is -0.397 e. The number of nitrogens with one attached hydrogen (secondary N) is 1. The third-order valence-electron chi connectivity index (χ3n) is 4.02. The van der Waals surface area contributed by atoms with Crippen molar-refractivity contribution in [3.05, 3.63) is 22.2 Å². The number of fused-ring (bicyclic) bond motifs is 2. The number of nitrogen functional groups attached to an aromatic ring is 1. The van der Waals surface area contributed by atoms with Gasteiger partial charge in [0.1, 0.15) is 9.71 Å². The molecule has 5 nitrogen and oxygen atoms in total. The fourth-order valence-electron chi connectivity index (χ4n) is 2.82. The number of carbonyl (C=O) groups excluding carboxylic acids is 1. The quantitative estimate of drug-likeness (QED) is 0.911. The van der Waals surface area contributed by atoms with Crippen molar-refractivity contribution in [2.75, 3.05) is 18.8 Å². The van der Waals surface area contributed by atoms with Crippen molar-refractivity contribution in [2.24, 2.45) is 0 Å². The van der Waals surface area contributed by atoms with Crippen LogP contribution in [0.1, 0.15) is 41.7 Å². The van der Waals surface area contributed by atoms with Gasteiger partial charge in [-0.25, -0.2) is 4.98 Å². The van der Waals surface area contributed by atoms with Crippen LogP contribution >= 0.6 is 11.3 Å². The topological polar surface area (TPSA) is 71.2 Å². The maximum absolute atomic E-state index is 12.2. The SMILES string of the molecule is CCN1CCc2nc3sc(C(=O)NC(C)C)c(N)c3cc2C1. The summed E-state index contributed by atoms with van der Waals surface area (Å²) in [6.45, 7) is 9.06. The second-order valence-electron chi connectivity index (χ2n) is 6.04. The summed E-state index contributed by atoms with van der Waals surface area (Å²) in [5.41, 5.74) is 9.15. The lowest BCUT2D eigenvalue weighted by atomic mass is 10.0. The molecule has 0 saturated heterocycles. The van der Waals surface area contributed by atoms with E-state index >= 15 is 0 Å². The molecule has 0 atom stereocenters. The van der Waals surface area contributed by atoms with Crippen molar-refractivity contribution in [3.63, 3.8) is 0 Å². The highest BCUT2D eigenvalue weighted by Gasteiger charge is 2.22. The molecule has 22 heavy (non-hydrogen) atoms. The molecule has 6 heteroatoms. The van der Waals surface area contributed by atoms with Crippen LogP contribution in [0.2, 0.25) is 0 Å². The van der Waals surface area contributed by atoms with Gasteiger partial charge in [0.15, 0.2) is 0 Å². The van der Waals surface area contributed by atoms with Crippen molar-refractivity contribution in [2.45, 2.75) is 39.8 Å². The average molecular weight is 318 g/mol. The summed E-state index contributed by atoms with van der Waals surface area (Å²) in [5.74, 6) is -0.108. The van der Waals surface area contributed by atoms with E-state index in [0.717, 1.165) is 42.0 Å². The molecular weight excluding hydrogens is 296 g/mol. The zero-order valence-corrected chi connectivity index (χ0v) is 14.1. The molecule has 0 unspecified atom stereocenters. The predicted molar refractivity (Wildman–Crippen MR) is 91.3 cm³/mol. The monoisotopic (exact) mass is 318 g/mol. The average Bonchev–Trinajstić information content (AvgIpc) is 2.80. The summed E-state index contributed by atoms with van der Waals surface area (Å²) < 4.78 is 0. The maximum Gasteiger partial charge on any atom is 0.263 e. The largest absolute Gasteiger partial charge is 0.397 e. The van der Waals surface area contributed by atoms with E-state index in [9.17, 15) is 4.79 Å². The maximum atomic E-state index is 12.2. The van der Waals surface area contributed by atoms with Gasteiger partial charge in [-0.2, -0.15) is 0 Å². The molecule has 3 rings (SSSR count). The smallest absolute Gasteiger partial charge is 0.263 e. The van der Waals surface area contributed by atoms with E-state index in [4.69, 9.17) is 10.7 Å². The Morgan fingerprint density at radius 3 is 3.00 bits per heavy atom. The molecule has 118 valence electrons. The Morgan fingerprint density at radius 1 is 1.55 bits per heavy atom. The molecular formula is C16H22N4OS. The Kier molecular flexibility index (Phi) is 4.06. The van der Waals surface area contributed by atoms with Crippen LogP contribution < -0.4 is 11.1 Å². The number of nitrogens with two attached hydrogens (primary N) is 1. The molecule has 3 heterocycles. The third-order valence-corrected chi connectivity index (χ3v) is 5.14. The molecule has 3 N–H and O–H groups in total. The van der Waals surface area contributed by atoms with Gasteiger partial charge in [-0.3, -0.25) is 9.69 Å². The number of aromatic nitrogens is 1. The first-order valence-electron chi connectivity index (χ1n) is 7.73. The molecule has 2 aromatic heterocycles. The van der Waals surface area contributed by atoms with Crippen molar-refractivity contribution < 1.29 is 4.79 Å². The lowest BCUT2D eigenvalue weighted by Gasteiger charge is -2.26. The first-order valence-corrected chi connectivity index (χ1v) is 8.55. The Labute approximate surface area is 134 Å². The fraction of sp³-hybridized carbons (Fsp3) is 0.500. The lowest BCUT2D eigenvalue weighted by Crippen LogP contribution is -2.30. The van der Waals surface area contributed by atoms with E-state index in [1.807, 2.05) is 13.8 Å². The van der Waals surface area contributed by atoms with Gasteiger partial charge in [0, 0.05) is 36.6 Å². The van der Waals surface area contributed by atoms with Gasteiger partial charge >= 0.3 is 0 Å². The lowest BCUT2D eigenvalue weighted by molar-refractivity contribution is 0.0948. The number of hydrogen-bond acceptors (Lipinski definition) is 5. The summed E-state index contributed by atoms with van der Waals surface area (Å²) in [6.07, 6.45) is 0.963. The highest BCUT2D eigenvalue weighted by atomic mass is 32.1. The van der Waals surface area contributed by atoms with E-state index in [2.05, 4.69) is 23.2 Å². The normalized spacial score (nSPS) is 15.3. The molecule has 0 saturated carbocycles. The van der Waals surface area contributed by atoms with Gasteiger partial charge in [-0.05, 0) is 32.0 Å². The van der Waals surface area contributed by atoms with Crippen molar-refractivity contribution in [3.8, 4) is 0 Å². The third kappa shape index (κ3) is 2.68. The van der Waals surface area contributed by atoms with E-state index in [0.29, 0.717) is 10.6 Å². The highest BCUT2D eigenvalue weighted by molar-refractivity contribution is 7.21. The van der Waals surface area contributed by atoms with Crippen LogP contribution in [-0.2, 0) is 13.0 Å². The number of amides is 1. The summed E-state index contributed by atoms with van der Waals surface area (Å²) in [6, 6.07) is 2.22. The summed E-state index contributed by atoms with van der Waals surface area (Å²) >= 11 is 1.39. The van der Waals surface area contributed by atoms with E-state index in [-0.39, 0.29) is 11.9 Å². The van der Waals surface area contributed by atoms with Gasteiger partial charge in [-0.15, -0.1) is 11.3 Å².